The van der Waals surface area contributed by atoms with Crippen LogP contribution in [-0.2, 0) is 32.6 Å². The fraction of sp³-hybridized carbons (Fsp3) is 0.462. The van der Waals surface area contributed by atoms with Gasteiger partial charge in [-0.25, -0.2) is 8.42 Å². The largest absolute Gasteiger partial charge is 0.352 e. The van der Waals surface area contributed by atoms with E-state index in [9.17, 15) is 18.0 Å². The van der Waals surface area contributed by atoms with E-state index < -0.39 is 28.5 Å². The lowest BCUT2D eigenvalue weighted by molar-refractivity contribution is -0.140. The van der Waals surface area contributed by atoms with Gasteiger partial charge in [0.2, 0.25) is 21.8 Å². The van der Waals surface area contributed by atoms with Crippen molar-refractivity contribution in [2.24, 2.45) is 0 Å². The Labute approximate surface area is 224 Å². The molecular weight excluding hydrogens is 521 g/mol. The average molecular weight is 557 g/mol. The lowest BCUT2D eigenvalue weighted by atomic mass is 10.1. The van der Waals surface area contributed by atoms with Crippen molar-refractivity contribution in [3.8, 4) is 0 Å². The van der Waals surface area contributed by atoms with Crippen molar-refractivity contribution < 1.29 is 18.0 Å². The molecule has 2 aromatic rings. The van der Waals surface area contributed by atoms with Crippen LogP contribution in [0.25, 0.3) is 0 Å². The van der Waals surface area contributed by atoms with E-state index in [1.807, 2.05) is 32.9 Å². The SMILES string of the molecule is CCc1ccccc1N(CC(=O)N(Cc1c(Cl)cccc1Cl)[C@@H](CC)C(=O)N[C@H](C)CC)S(C)(=O)=O. The van der Waals surface area contributed by atoms with Gasteiger partial charge >= 0.3 is 0 Å². The predicted molar refractivity (Wildman–Crippen MR) is 147 cm³/mol. The van der Waals surface area contributed by atoms with Crippen molar-refractivity contribution in [1.82, 2.24) is 10.2 Å². The van der Waals surface area contributed by atoms with E-state index in [-0.39, 0.29) is 18.5 Å². The highest BCUT2D eigenvalue weighted by Gasteiger charge is 2.33. The summed E-state index contributed by atoms with van der Waals surface area (Å²) in [5, 5.41) is 3.64. The van der Waals surface area contributed by atoms with E-state index in [1.54, 1.807) is 37.3 Å². The predicted octanol–water partition coefficient (Wildman–Crippen LogP) is 5.04. The minimum Gasteiger partial charge on any atom is -0.352 e. The van der Waals surface area contributed by atoms with Crippen molar-refractivity contribution in [1.29, 1.82) is 0 Å². The summed E-state index contributed by atoms with van der Waals surface area (Å²) in [6.07, 6.45) is 2.70. The number of carbonyl (C=O) groups is 2. The Morgan fingerprint density at radius 2 is 1.58 bits per heavy atom. The van der Waals surface area contributed by atoms with Gasteiger partial charge in [0, 0.05) is 28.2 Å². The van der Waals surface area contributed by atoms with Gasteiger partial charge < -0.3 is 10.2 Å². The molecule has 0 heterocycles. The Morgan fingerprint density at radius 3 is 2.11 bits per heavy atom. The van der Waals surface area contributed by atoms with E-state index in [4.69, 9.17) is 23.2 Å². The van der Waals surface area contributed by atoms with Gasteiger partial charge in [-0.1, -0.05) is 68.2 Å². The maximum atomic E-state index is 13.8. The van der Waals surface area contributed by atoms with Crippen LogP contribution in [0.2, 0.25) is 10.0 Å². The van der Waals surface area contributed by atoms with Gasteiger partial charge in [-0.3, -0.25) is 13.9 Å². The monoisotopic (exact) mass is 555 g/mol. The van der Waals surface area contributed by atoms with Crippen LogP contribution >= 0.6 is 23.2 Å². The quantitative estimate of drug-likeness (QED) is 0.397. The summed E-state index contributed by atoms with van der Waals surface area (Å²) in [4.78, 5) is 28.4. The smallest absolute Gasteiger partial charge is 0.244 e. The molecule has 0 aromatic heterocycles. The Morgan fingerprint density at radius 1 is 0.972 bits per heavy atom. The number of hydrogen-bond acceptors (Lipinski definition) is 4. The number of carbonyl (C=O) groups excluding carboxylic acids is 2. The van der Waals surface area contributed by atoms with E-state index >= 15 is 0 Å². The molecule has 10 heteroatoms. The van der Waals surface area contributed by atoms with Gasteiger partial charge in [0.25, 0.3) is 0 Å². The number of rotatable bonds is 12. The highest BCUT2D eigenvalue weighted by atomic mass is 35.5. The highest BCUT2D eigenvalue weighted by molar-refractivity contribution is 7.92. The van der Waals surface area contributed by atoms with Crippen molar-refractivity contribution >= 4 is 50.7 Å². The third-order valence-electron chi connectivity index (χ3n) is 6.10. The molecule has 0 spiro atoms. The molecular formula is C26H35Cl2N3O4S. The van der Waals surface area contributed by atoms with E-state index in [0.29, 0.717) is 34.1 Å². The Balaban J connectivity index is 2.54. The van der Waals surface area contributed by atoms with Gasteiger partial charge in [-0.15, -0.1) is 0 Å². The van der Waals surface area contributed by atoms with Gasteiger partial charge in [-0.05, 0) is 49.9 Å². The Hall–Kier alpha value is -2.29. The fourth-order valence-corrected chi connectivity index (χ4v) is 5.26. The molecule has 0 bridgehead atoms. The van der Waals surface area contributed by atoms with Crippen LogP contribution in [0, 0.1) is 0 Å². The first-order valence-electron chi connectivity index (χ1n) is 12.0. The van der Waals surface area contributed by atoms with Crippen molar-refractivity contribution in [3.63, 3.8) is 0 Å². The first kappa shape index (κ1) is 29.9. The summed E-state index contributed by atoms with van der Waals surface area (Å²) in [6, 6.07) is 11.1. The number of para-hydroxylation sites is 1. The number of amides is 2. The molecule has 2 atom stereocenters. The number of anilines is 1. The van der Waals surface area contributed by atoms with Crippen LogP contribution in [0.4, 0.5) is 5.69 Å². The first-order valence-corrected chi connectivity index (χ1v) is 14.6. The number of nitrogens with zero attached hydrogens (tertiary/aromatic N) is 2. The summed E-state index contributed by atoms with van der Waals surface area (Å²) in [6.45, 7) is 7.04. The van der Waals surface area contributed by atoms with Crippen molar-refractivity contribution in [2.75, 3.05) is 17.1 Å². The molecule has 0 saturated carbocycles. The number of aryl methyl sites for hydroxylation is 1. The molecule has 198 valence electrons. The van der Waals surface area contributed by atoms with Gasteiger partial charge in [-0.2, -0.15) is 0 Å². The van der Waals surface area contributed by atoms with Crippen molar-refractivity contribution in [2.45, 2.75) is 65.6 Å². The summed E-state index contributed by atoms with van der Waals surface area (Å²) in [5.74, 6) is -0.850. The molecule has 0 unspecified atom stereocenters. The summed E-state index contributed by atoms with van der Waals surface area (Å²) >= 11 is 12.8. The molecule has 0 saturated heterocycles. The zero-order valence-electron chi connectivity index (χ0n) is 21.4. The number of benzene rings is 2. The molecule has 0 radical (unpaired) electrons. The number of sulfonamides is 1. The normalized spacial score (nSPS) is 13.1. The maximum Gasteiger partial charge on any atom is 0.244 e. The van der Waals surface area contributed by atoms with Crippen LogP contribution < -0.4 is 9.62 Å². The van der Waals surface area contributed by atoms with Gasteiger partial charge in [0.1, 0.15) is 12.6 Å². The lowest BCUT2D eigenvalue weighted by Gasteiger charge is -2.34. The summed E-state index contributed by atoms with van der Waals surface area (Å²) < 4.78 is 26.7. The molecule has 0 aliphatic rings. The molecule has 2 amide bonds. The van der Waals surface area contributed by atoms with Crippen LogP contribution in [0.3, 0.4) is 0 Å². The second-order valence-electron chi connectivity index (χ2n) is 8.72. The lowest BCUT2D eigenvalue weighted by Crippen LogP contribution is -2.53. The third kappa shape index (κ3) is 7.60. The molecule has 2 aromatic carbocycles. The molecule has 7 nitrogen and oxygen atoms in total. The van der Waals surface area contributed by atoms with E-state index in [2.05, 4.69) is 5.32 Å². The second kappa shape index (κ2) is 13.3. The Kier molecular flexibility index (Phi) is 11.1. The van der Waals surface area contributed by atoms with Crippen LogP contribution in [-0.4, -0.2) is 50.0 Å². The number of hydrogen-bond donors (Lipinski definition) is 1. The molecule has 0 aliphatic heterocycles. The zero-order chi connectivity index (χ0) is 27.0. The average Bonchev–Trinajstić information content (AvgIpc) is 2.83. The van der Waals surface area contributed by atoms with Crippen LogP contribution in [0.15, 0.2) is 42.5 Å². The summed E-state index contributed by atoms with van der Waals surface area (Å²) in [7, 11) is -3.81. The molecule has 36 heavy (non-hydrogen) atoms. The number of nitrogens with one attached hydrogen (secondary N) is 1. The van der Waals surface area contributed by atoms with Gasteiger partial charge in [0.15, 0.2) is 0 Å². The van der Waals surface area contributed by atoms with Crippen LogP contribution in [0.1, 0.15) is 51.7 Å². The standard InChI is InChI=1S/C26H35Cl2N3O4S/c1-6-18(4)29-26(33)23(8-3)30(16-20-21(27)13-11-14-22(20)28)25(32)17-31(36(5,34)35)24-15-10-9-12-19(24)7-2/h9-15,18,23H,6-8,16-17H2,1-5H3,(H,29,33)/t18-,23+/m1/s1. The van der Waals surface area contributed by atoms with E-state index in [1.165, 1.54) is 4.90 Å². The first-order chi connectivity index (χ1) is 16.9. The number of halogens is 2. The third-order valence-corrected chi connectivity index (χ3v) is 7.93. The van der Waals surface area contributed by atoms with E-state index in [0.717, 1.165) is 22.5 Å². The zero-order valence-corrected chi connectivity index (χ0v) is 23.8. The minimum absolute atomic E-state index is 0.0448. The molecule has 2 rings (SSSR count). The highest BCUT2D eigenvalue weighted by Crippen LogP contribution is 2.28. The van der Waals surface area contributed by atoms with Gasteiger partial charge in [0.05, 0.1) is 11.9 Å². The topological polar surface area (TPSA) is 86.8 Å². The maximum absolute atomic E-state index is 13.8. The van der Waals surface area contributed by atoms with Crippen molar-refractivity contribution in [3.05, 3.63) is 63.6 Å². The molecule has 0 fully saturated rings. The fourth-order valence-electron chi connectivity index (χ4n) is 3.86. The molecule has 0 aliphatic carbocycles. The second-order valence-corrected chi connectivity index (χ2v) is 11.4. The summed E-state index contributed by atoms with van der Waals surface area (Å²) in [5.41, 5.74) is 1.71. The minimum atomic E-state index is -3.81. The van der Waals surface area contributed by atoms with Crippen LogP contribution in [0.5, 0.6) is 0 Å². The molecule has 1 N–H and O–H groups in total. The Bertz CT molecular complexity index is 1150.